The van der Waals surface area contributed by atoms with Crippen LogP contribution in [0.1, 0.15) is 18.4 Å². The highest BCUT2D eigenvalue weighted by atomic mass is 19.4. The van der Waals surface area contributed by atoms with E-state index < -0.39 is 12.4 Å². The Morgan fingerprint density at radius 3 is 2.34 bits per heavy atom. The number of carbonyl (C=O) groups is 2. The molecule has 1 aliphatic heterocycles. The summed E-state index contributed by atoms with van der Waals surface area (Å²) in [5, 5.41) is 8.24. The van der Waals surface area contributed by atoms with Gasteiger partial charge in [-0.2, -0.15) is 0 Å². The van der Waals surface area contributed by atoms with E-state index >= 15 is 0 Å². The summed E-state index contributed by atoms with van der Waals surface area (Å²) >= 11 is 0. The lowest BCUT2D eigenvalue weighted by Gasteiger charge is -2.31. The number of nitrogens with zero attached hydrogens (tertiary/aromatic N) is 1. The maximum Gasteiger partial charge on any atom is 0.573 e. The third-order valence-electron chi connectivity index (χ3n) is 4.99. The van der Waals surface area contributed by atoms with Crippen molar-refractivity contribution in [3.8, 4) is 5.75 Å². The molecule has 3 N–H and O–H groups in total. The summed E-state index contributed by atoms with van der Waals surface area (Å²) in [6, 6.07) is 14.3. The summed E-state index contributed by atoms with van der Waals surface area (Å²) in [6.07, 6.45) is -3.47. The fourth-order valence-electron chi connectivity index (χ4n) is 3.45. The van der Waals surface area contributed by atoms with Crippen molar-refractivity contribution in [3.63, 3.8) is 0 Å². The molecule has 0 unspecified atom stereocenters. The largest absolute Gasteiger partial charge is 0.573 e. The molecule has 1 heterocycles. The molecule has 1 aliphatic rings. The van der Waals surface area contributed by atoms with Crippen LogP contribution in [0.25, 0.3) is 0 Å². The van der Waals surface area contributed by atoms with E-state index in [1.807, 2.05) is 35.2 Å². The molecule has 0 aromatic heterocycles. The van der Waals surface area contributed by atoms with E-state index in [9.17, 15) is 22.8 Å². The zero-order valence-electron chi connectivity index (χ0n) is 17.3. The minimum atomic E-state index is -4.80. The lowest BCUT2D eigenvalue weighted by molar-refractivity contribution is -0.274. The van der Waals surface area contributed by atoms with Crippen LogP contribution in [0.4, 0.5) is 23.7 Å². The third kappa shape index (κ3) is 7.77. The van der Waals surface area contributed by atoms with Crippen molar-refractivity contribution >= 4 is 17.6 Å². The van der Waals surface area contributed by atoms with Crippen molar-refractivity contribution in [1.29, 1.82) is 0 Å². The molecule has 0 bridgehead atoms. The fraction of sp³-hybridized carbons (Fsp3) is 0.364. The van der Waals surface area contributed by atoms with Crippen molar-refractivity contribution < 1.29 is 27.5 Å². The Morgan fingerprint density at radius 1 is 1.00 bits per heavy atom. The maximum atomic E-state index is 12.5. The number of ether oxygens (including phenoxy) is 1. The first-order chi connectivity index (χ1) is 15.3. The third-order valence-corrected chi connectivity index (χ3v) is 4.99. The number of para-hydroxylation sites is 2. The molecule has 0 spiro atoms. The molecule has 1 fully saturated rings. The van der Waals surface area contributed by atoms with Crippen LogP contribution in [0.2, 0.25) is 0 Å². The number of alkyl halides is 3. The monoisotopic (exact) mass is 450 g/mol. The SMILES string of the molecule is O=C(CN1CCC(NC(=O)NCc2ccccc2OC(F)(F)F)CC1)Nc1ccccc1. The van der Waals surface area contributed by atoms with Gasteiger partial charge in [0.25, 0.3) is 0 Å². The number of halogens is 3. The molecule has 2 aromatic carbocycles. The average molecular weight is 450 g/mol. The van der Waals surface area contributed by atoms with Crippen LogP contribution < -0.4 is 20.7 Å². The van der Waals surface area contributed by atoms with E-state index in [2.05, 4.69) is 20.7 Å². The number of rotatable bonds is 7. The molecule has 0 radical (unpaired) electrons. The molecule has 32 heavy (non-hydrogen) atoms. The second-order valence-electron chi connectivity index (χ2n) is 7.45. The summed E-state index contributed by atoms with van der Waals surface area (Å²) in [5.74, 6) is -0.442. The molecule has 0 aliphatic carbocycles. The van der Waals surface area contributed by atoms with Crippen molar-refractivity contribution in [2.24, 2.45) is 0 Å². The van der Waals surface area contributed by atoms with Gasteiger partial charge in [-0.1, -0.05) is 36.4 Å². The molecular weight excluding hydrogens is 425 g/mol. The topological polar surface area (TPSA) is 82.7 Å². The van der Waals surface area contributed by atoms with Crippen LogP contribution in [0.15, 0.2) is 54.6 Å². The van der Waals surface area contributed by atoms with Crippen LogP contribution in [0, 0.1) is 0 Å². The van der Waals surface area contributed by atoms with Gasteiger partial charge in [-0.15, -0.1) is 13.2 Å². The van der Waals surface area contributed by atoms with Gasteiger partial charge in [0, 0.05) is 36.9 Å². The number of piperidine rings is 1. The quantitative estimate of drug-likeness (QED) is 0.603. The molecular formula is C22H25F3N4O3. The van der Waals surface area contributed by atoms with Gasteiger partial charge in [0.2, 0.25) is 5.91 Å². The fourth-order valence-corrected chi connectivity index (χ4v) is 3.45. The zero-order valence-corrected chi connectivity index (χ0v) is 17.3. The number of likely N-dealkylation sites (tertiary alicyclic amines) is 1. The summed E-state index contributed by atoms with van der Waals surface area (Å²) in [6.45, 7) is 1.46. The number of anilines is 1. The number of hydrogen-bond donors (Lipinski definition) is 3. The molecule has 10 heteroatoms. The standard InChI is InChI=1S/C22H25F3N4O3/c23-22(24,25)32-19-9-5-4-6-16(19)14-26-21(31)28-18-10-12-29(13-11-18)15-20(30)27-17-7-2-1-3-8-17/h1-9,18H,10-15H2,(H,27,30)(H2,26,28,31). The smallest absolute Gasteiger partial charge is 0.405 e. The summed E-state index contributed by atoms with van der Waals surface area (Å²) < 4.78 is 41.5. The summed E-state index contributed by atoms with van der Waals surface area (Å²) in [4.78, 5) is 26.4. The van der Waals surface area contributed by atoms with E-state index in [-0.39, 0.29) is 36.4 Å². The Balaban J connectivity index is 1.38. The Hall–Kier alpha value is -3.27. The average Bonchev–Trinajstić information content (AvgIpc) is 2.74. The van der Waals surface area contributed by atoms with Crippen LogP contribution in [0.3, 0.4) is 0 Å². The van der Waals surface area contributed by atoms with Gasteiger partial charge in [0.15, 0.2) is 0 Å². The first-order valence-electron chi connectivity index (χ1n) is 10.2. The molecule has 0 saturated carbocycles. The van der Waals surface area contributed by atoms with Crippen LogP contribution in [-0.4, -0.2) is 48.9 Å². The minimum Gasteiger partial charge on any atom is -0.405 e. The van der Waals surface area contributed by atoms with E-state index in [0.29, 0.717) is 25.9 Å². The van der Waals surface area contributed by atoms with Crippen LogP contribution in [-0.2, 0) is 11.3 Å². The molecule has 0 atom stereocenters. The van der Waals surface area contributed by atoms with E-state index in [0.717, 1.165) is 5.69 Å². The number of hydrogen-bond acceptors (Lipinski definition) is 4. The zero-order chi connectivity index (χ0) is 23.0. The number of urea groups is 1. The first kappa shape index (κ1) is 23.4. The second-order valence-corrected chi connectivity index (χ2v) is 7.45. The summed E-state index contributed by atoms with van der Waals surface area (Å²) in [5.41, 5.74) is 0.965. The predicted molar refractivity (Wildman–Crippen MR) is 113 cm³/mol. The van der Waals surface area contributed by atoms with Crippen LogP contribution >= 0.6 is 0 Å². The van der Waals surface area contributed by atoms with Crippen molar-refractivity contribution in [2.45, 2.75) is 31.8 Å². The second kappa shape index (κ2) is 10.9. The molecule has 172 valence electrons. The van der Waals surface area contributed by atoms with Gasteiger partial charge in [-0.3, -0.25) is 9.69 Å². The van der Waals surface area contributed by atoms with Gasteiger partial charge < -0.3 is 20.7 Å². The van der Waals surface area contributed by atoms with Gasteiger partial charge in [0.05, 0.1) is 6.54 Å². The van der Waals surface area contributed by atoms with E-state index in [4.69, 9.17) is 0 Å². The summed E-state index contributed by atoms with van der Waals surface area (Å²) in [7, 11) is 0. The van der Waals surface area contributed by atoms with Gasteiger partial charge >= 0.3 is 12.4 Å². The molecule has 2 aromatic rings. The highest BCUT2D eigenvalue weighted by Crippen LogP contribution is 2.26. The van der Waals surface area contributed by atoms with Crippen molar-refractivity contribution in [1.82, 2.24) is 15.5 Å². The van der Waals surface area contributed by atoms with Crippen molar-refractivity contribution in [3.05, 3.63) is 60.2 Å². The number of benzene rings is 2. The molecule has 7 nitrogen and oxygen atoms in total. The maximum absolute atomic E-state index is 12.5. The molecule has 1 saturated heterocycles. The highest BCUT2D eigenvalue weighted by molar-refractivity contribution is 5.92. The van der Waals surface area contributed by atoms with E-state index in [1.165, 1.54) is 18.2 Å². The Morgan fingerprint density at radius 2 is 1.66 bits per heavy atom. The number of amides is 3. The Labute approximate surface area is 183 Å². The Kier molecular flexibility index (Phi) is 7.93. The predicted octanol–water partition coefficient (Wildman–Crippen LogP) is 3.49. The Bertz CT molecular complexity index is 901. The van der Waals surface area contributed by atoms with Crippen LogP contribution in [0.5, 0.6) is 5.75 Å². The van der Waals surface area contributed by atoms with E-state index in [1.54, 1.807) is 6.07 Å². The number of nitrogens with one attached hydrogen (secondary N) is 3. The van der Waals surface area contributed by atoms with Gasteiger partial charge in [0.1, 0.15) is 5.75 Å². The van der Waals surface area contributed by atoms with Gasteiger partial charge in [-0.25, -0.2) is 4.79 Å². The normalized spacial score (nSPS) is 15.1. The van der Waals surface area contributed by atoms with Crippen molar-refractivity contribution in [2.75, 3.05) is 25.0 Å². The lowest BCUT2D eigenvalue weighted by Crippen LogP contribution is -2.49. The minimum absolute atomic E-state index is 0.0786. The number of carbonyl (C=O) groups excluding carboxylic acids is 2. The highest BCUT2D eigenvalue weighted by Gasteiger charge is 2.32. The molecule has 3 amide bonds. The van der Waals surface area contributed by atoms with Gasteiger partial charge in [-0.05, 0) is 31.0 Å². The molecule has 3 rings (SSSR count). The first-order valence-corrected chi connectivity index (χ1v) is 10.2. The lowest BCUT2D eigenvalue weighted by atomic mass is 10.1.